The maximum absolute atomic E-state index is 12.4. The number of nitrogens with zero attached hydrogens (tertiary/aromatic N) is 1. The summed E-state index contributed by atoms with van der Waals surface area (Å²) in [5, 5.41) is 5.52. The van der Waals surface area contributed by atoms with Gasteiger partial charge in [-0.3, -0.25) is 9.59 Å². The minimum absolute atomic E-state index is 0.226. The maximum atomic E-state index is 12.4. The van der Waals surface area contributed by atoms with E-state index in [1.165, 1.54) is 0 Å². The van der Waals surface area contributed by atoms with Crippen LogP contribution in [0.3, 0.4) is 0 Å². The zero-order chi connectivity index (χ0) is 14.8. The van der Waals surface area contributed by atoms with Gasteiger partial charge in [-0.05, 0) is 18.2 Å². The van der Waals surface area contributed by atoms with Crippen molar-refractivity contribution < 1.29 is 14.3 Å². The molecule has 0 saturated heterocycles. The fourth-order valence-electron chi connectivity index (χ4n) is 2.41. The summed E-state index contributed by atoms with van der Waals surface area (Å²) in [5.41, 5.74) is 1.33. The van der Waals surface area contributed by atoms with Crippen LogP contribution in [0.2, 0.25) is 0 Å². The minimum atomic E-state index is -0.328. The van der Waals surface area contributed by atoms with Crippen LogP contribution < -0.4 is 15.4 Å². The zero-order valence-corrected chi connectivity index (χ0v) is 11.6. The molecule has 3 rings (SSSR count). The number of amides is 2. The highest BCUT2D eigenvalue weighted by Crippen LogP contribution is 2.24. The van der Waals surface area contributed by atoms with Crippen LogP contribution in [0.25, 0.3) is 0 Å². The Morgan fingerprint density at radius 2 is 2.14 bits per heavy atom. The lowest BCUT2D eigenvalue weighted by Crippen LogP contribution is -2.36. The van der Waals surface area contributed by atoms with Crippen molar-refractivity contribution in [3.63, 3.8) is 0 Å². The van der Waals surface area contributed by atoms with E-state index in [1.54, 1.807) is 42.1 Å². The van der Waals surface area contributed by atoms with Gasteiger partial charge in [0.1, 0.15) is 11.4 Å². The summed E-state index contributed by atoms with van der Waals surface area (Å²) in [6.07, 6.45) is 1.76. The molecule has 1 aliphatic rings. The molecule has 2 N–H and O–H groups in total. The van der Waals surface area contributed by atoms with Crippen LogP contribution in [0, 0.1) is 0 Å². The average Bonchev–Trinajstić information content (AvgIpc) is 2.93. The maximum Gasteiger partial charge on any atom is 0.268 e. The lowest BCUT2D eigenvalue weighted by atomic mass is 10.2. The van der Waals surface area contributed by atoms with Gasteiger partial charge in [-0.2, -0.15) is 0 Å². The summed E-state index contributed by atoms with van der Waals surface area (Å²) in [4.78, 5) is 24.3. The summed E-state index contributed by atoms with van der Waals surface area (Å²) in [7, 11) is 1.54. The van der Waals surface area contributed by atoms with Crippen LogP contribution >= 0.6 is 0 Å². The number of nitrogens with one attached hydrogen (secondary N) is 2. The van der Waals surface area contributed by atoms with Gasteiger partial charge in [-0.25, -0.2) is 0 Å². The number of hydrogen-bond acceptors (Lipinski definition) is 3. The van der Waals surface area contributed by atoms with Crippen LogP contribution in [0.1, 0.15) is 20.8 Å². The first-order valence-electron chi connectivity index (χ1n) is 6.62. The Labute approximate surface area is 121 Å². The van der Waals surface area contributed by atoms with Gasteiger partial charge in [0.05, 0.1) is 18.4 Å². The van der Waals surface area contributed by atoms with Crippen molar-refractivity contribution in [3.8, 4) is 5.75 Å². The Bertz CT molecular complexity index is 706. The summed E-state index contributed by atoms with van der Waals surface area (Å²) in [5.74, 6) is 0.0186. The molecule has 0 saturated carbocycles. The molecule has 2 amide bonds. The molecule has 1 aromatic heterocycles. The predicted molar refractivity (Wildman–Crippen MR) is 77.7 cm³/mol. The summed E-state index contributed by atoms with van der Waals surface area (Å²) >= 11 is 0. The number of hydrogen-bond donors (Lipinski definition) is 2. The molecule has 6 nitrogen and oxygen atoms in total. The van der Waals surface area contributed by atoms with E-state index in [0.29, 0.717) is 35.8 Å². The fraction of sp³-hybridized carbons (Fsp3) is 0.200. The van der Waals surface area contributed by atoms with Crippen LogP contribution in [0.15, 0.2) is 36.5 Å². The average molecular weight is 285 g/mol. The van der Waals surface area contributed by atoms with Crippen LogP contribution in [-0.4, -0.2) is 30.0 Å². The van der Waals surface area contributed by atoms with Gasteiger partial charge in [-0.1, -0.05) is 12.1 Å². The van der Waals surface area contributed by atoms with E-state index in [-0.39, 0.29) is 11.8 Å². The molecule has 0 aliphatic carbocycles. The van der Waals surface area contributed by atoms with Crippen molar-refractivity contribution in [1.29, 1.82) is 0 Å². The van der Waals surface area contributed by atoms with Crippen molar-refractivity contribution >= 4 is 17.5 Å². The highest BCUT2D eigenvalue weighted by atomic mass is 16.5. The van der Waals surface area contributed by atoms with Gasteiger partial charge >= 0.3 is 0 Å². The normalized spacial score (nSPS) is 13.3. The number of carbonyl (C=O) groups is 2. The Morgan fingerprint density at radius 3 is 2.95 bits per heavy atom. The molecule has 21 heavy (non-hydrogen) atoms. The Morgan fingerprint density at radius 1 is 1.33 bits per heavy atom. The van der Waals surface area contributed by atoms with E-state index in [2.05, 4.69) is 10.6 Å². The number of para-hydroxylation sites is 2. The number of methoxy groups -OCH3 is 1. The molecule has 0 spiro atoms. The first-order valence-corrected chi connectivity index (χ1v) is 6.62. The lowest BCUT2D eigenvalue weighted by molar-refractivity contribution is 0.0916. The molecule has 1 aromatic carbocycles. The molecule has 6 heteroatoms. The minimum Gasteiger partial charge on any atom is -0.495 e. The number of fused-ring (bicyclic) bond motifs is 1. The highest BCUT2D eigenvalue weighted by Gasteiger charge is 2.24. The molecule has 0 fully saturated rings. The van der Waals surface area contributed by atoms with Gasteiger partial charge in [0.25, 0.3) is 11.8 Å². The second-order valence-corrected chi connectivity index (χ2v) is 4.68. The molecule has 0 bridgehead atoms. The number of rotatable bonds is 3. The molecular weight excluding hydrogens is 270 g/mol. The van der Waals surface area contributed by atoms with Gasteiger partial charge < -0.3 is 19.9 Å². The van der Waals surface area contributed by atoms with Gasteiger partial charge in [0.2, 0.25) is 0 Å². The number of carbonyl (C=O) groups excluding carboxylic acids is 2. The van der Waals surface area contributed by atoms with E-state index in [0.717, 1.165) is 0 Å². The largest absolute Gasteiger partial charge is 0.495 e. The Hall–Kier alpha value is -2.76. The Balaban J connectivity index is 1.90. The van der Waals surface area contributed by atoms with Crippen molar-refractivity contribution in [2.75, 3.05) is 19.0 Å². The van der Waals surface area contributed by atoms with E-state index < -0.39 is 0 Å². The lowest BCUT2D eigenvalue weighted by Gasteiger charge is -2.17. The molecule has 2 aromatic rings. The van der Waals surface area contributed by atoms with E-state index in [1.807, 2.05) is 6.07 Å². The predicted octanol–water partition coefficient (Wildman–Crippen LogP) is 1.49. The van der Waals surface area contributed by atoms with E-state index in [9.17, 15) is 9.59 Å². The molecule has 0 atom stereocenters. The number of benzene rings is 1. The second kappa shape index (κ2) is 5.32. The van der Waals surface area contributed by atoms with E-state index >= 15 is 0 Å². The SMILES string of the molecule is COc1ccccc1NC(=O)c1ccn2c1C(=O)NCC2. The van der Waals surface area contributed by atoms with Crippen molar-refractivity contribution in [2.24, 2.45) is 0 Å². The molecule has 108 valence electrons. The van der Waals surface area contributed by atoms with Crippen molar-refractivity contribution in [2.45, 2.75) is 6.54 Å². The topological polar surface area (TPSA) is 72.4 Å². The summed E-state index contributed by atoms with van der Waals surface area (Å²) in [6.45, 7) is 1.25. The number of anilines is 1. The van der Waals surface area contributed by atoms with Crippen molar-refractivity contribution in [3.05, 3.63) is 47.8 Å². The zero-order valence-electron chi connectivity index (χ0n) is 11.6. The molecule has 2 heterocycles. The Kier molecular flexibility index (Phi) is 3.35. The monoisotopic (exact) mass is 285 g/mol. The number of aromatic nitrogens is 1. The third-order valence-electron chi connectivity index (χ3n) is 3.42. The second-order valence-electron chi connectivity index (χ2n) is 4.68. The summed E-state index contributed by atoms with van der Waals surface area (Å²) in [6, 6.07) is 8.80. The third-order valence-corrected chi connectivity index (χ3v) is 3.42. The van der Waals surface area contributed by atoms with Gasteiger partial charge in [-0.15, -0.1) is 0 Å². The van der Waals surface area contributed by atoms with Crippen molar-refractivity contribution in [1.82, 2.24) is 9.88 Å². The van der Waals surface area contributed by atoms with E-state index in [4.69, 9.17) is 4.74 Å². The van der Waals surface area contributed by atoms with Crippen LogP contribution in [-0.2, 0) is 6.54 Å². The quantitative estimate of drug-likeness (QED) is 0.897. The number of ether oxygens (including phenoxy) is 1. The fourth-order valence-corrected chi connectivity index (χ4v) is 2.41. The van der Waals surface area contributed by atoms with Gasteiger partial charge in [0.15, 0.2) is 0 Å². The van der Waals surface area contributed by atoms with Gasteiger partial charge in [0, 0.05) is 19.3 Å². The molecule has 0 radical (unpaired) electrons. The molecular formula is C15H15N3O3. The highest BCUT2D eigenvalue weighted by molar-refractivity contribution is 6.12. The van der Waals surface area contributed by atoms with Crippen LogP contribution in [0.5, 0.6) is 5.75 Å². The first-order chi connectivity index (χ1) is 10.2. The standard InChI is InChI=1S/C15H15N3O3/c1-21-12-5-3-2-4-11(12)17-14(19)10-6-8-18-9-7-16-15(20)13(10)18/h2-6,8H,7,9H2,1H3,(H,16,20)(H,17,19). The summed E-state index contributed by atoms with van der Waals surface area (Å²) < 4.78 is 6.99. The first kappa shape index (κ1) is 13.2. The molecule has 0 unspecified atom stereocenters. The third kappa shape index (κ3) is 2.35. The molecule has 1 aliphatic heterocycles. The van der Waals surface area contributed by atoms with Crippen LogP contribution in [0.4, 0.5) is 5.69 Å². The smallest absolute Gasteiger partial charge is 0.268 e.